The number of benzene rings is 3. The van der Waals surface area contributed by atoms with Gasteiger partial charge in [0, 0.05) is 54.8 Å². The second-order valence-corrected chi connectivity index (χ2v) is 16.1. The molecule has 0 aliphatic carbocycles. The Morgan fingerprint density at radius 2 is 1.67 bits per heavy atom. The molecule has 5 aromatic rings. The van der Waals surface area contributed by atoms with E-state index in [2.05, 4.69) is 33.1 Å². The summed E-state index contributed by atoms with van der Waals surface area (Å²) < 4.78 is 0. The molecule has 12 nitrogen and oxygen atoms in total. The summed E-state index contributed by atoms with van der Waals surface area (Å²) in [4.78, 5) is 53.8. The van der Waals surface area contributed by atoms with Crippen LogP contribution in [0.5, 0.6) is 0 Å². The Kier molecular flexibility index (Phi) is 15.3. The van der Waals surface area contributed by atoms with E-state index in [1.807, 2.05) is 66.9 Å². The standard InChI is InChI=1S/C44H54ClN9O3S/c1-54-39(24-31-26-50-36-13-3-2-12-33(31)36)42(56)52-27-34-32(29-10-6-9-28(23-29)18-21-48)16-17-35(45)40(34)58-43-30(11-8-22-49-43)25-51-37(15-7-20-47)41(55)53-38(44(54)57)14-4-5-19-46/h2-3,6,8-13,16-17,22-23,26,37-39,50-51H,4-5,7,14-15,18-21,24-25,27,46-48H2,1H3,(H,52,56)(H,53,55)/t37-,38-,39-/m0/s1. The predicted octanol–water partition coefficient (Wildman–Crippen LogP) is 5.05. The fourth-order valence-electron chi connectivity index (χ4n) is 7.47. The highest BCUT2D eigenvalue weighted by molar-refractivity contribution is 7.99. The first-order chi connectivity index (χ1) is 28.2. The molecule has 3 atom stereocenters. The summed E-state index contributed by atoms with van der Waals surface area (Å²) in [6.45, 7) is 1.80. The van der Waals surface area contributed by atoms with E-state index in [0.29, 0.717) is 74.8 Å². The van der Waals surface area contributed by atoms with Crippen molar-refractivity contribution in [3.63, 3.8) is 0 Å². The molecular weight excluding hydrogens is 770 g/mol. The van der Waals surface area contributed by atoms with Crippen molar-refractivity contribution < 1.29 is 14.4 Å². The minimum absolute atomic E-state index is 0.114. The zero-order valence-electron chi connectivity index (χ0n) is 32.9. The number of H-pyrrole nitrogens is 1. The lowest BCUT2D eigenvalue weighted by molar-refractivity contribution is -0.142. The normalized spacial score (nSPS) is 18.3. The largest absolute Gasteiger partial charge is 0.361 e. The van der Waals surface area contributed by atoms with Gasteiger partial charge in [-0.25, -0.2) is 4.98 Å². The number of unbranched alkanes of at least 4 members (excludes halogenated alkanes) is 1. The van der Waals surface area contributed by atoms with Gasteiger partial charge < -0.3 is 43.0 Å². The van der Waals surface area contributed by atoms with E-state index >= 15 is 0 Å². The summed E-state index contributed by atoms with van der Waals surface area (Å²) in [5, 5.41) is 11.9. The topological polar surface area (TPSA) is 197 Å². The molecule has 3 amide bonds. The highest BCUT2D eigenvalue weighted by Gasteiger charge is 2.34. The summed E-state index contributed by atoms with van der Waals surface area (Å²) in [6.07, 6.45) is 7.26. The van der Waals surface area contributed by atoms with Gasteiger partial charge in [-0.3, -0.25) is 14.4 Å². The summed E-state index contributed by atoms with van der Waals surface area (Å²) >= 11 is 8.49. The lowest BCUT2D eigenvalue weighted by atomic mass is 9.96. The summed E-state index contributed by atoms with van der Waals surface area (Å²) in [6, 6.07) is 21.3. The lowest BCUT2D eigenvalue weighted by Crippen LogP contribution is -2.57. The molecule has 306 valence electrons. The van der Waals surface area contributed by atoms with E-state index in [4.69, 9.17) is 33.8 Å². The van der Waals surface area contributed by atoms with Crippen LogP contribution in [0.15, 0.2) is 95.1 Å². The van der Waals surface area contributed by atoms with Crippen LogP contribution in [0.3, 0.4) is 0 Å². The molecule has 3 heterocycles. The number of pyridine rings is 1. The number of hydrogen-bond donors (Lipinski definition) is 7. The van der Waals surface area contributed by atoms with Crippen molar-refractivity contribution in [2.45, 2.75) is 86.1 Å². The van der Waals surface area contributed by atoms with Crippen molar-refractivity contribution in [3.05, 3.63) is 112 Å². The number of hydrogen-bond acceptors (Lipinski definition) is 9. The number of nitrogens with one attached hydrogen (secondary N) is 4. The third kappa shape index (κ3) is 10.5. The minimum Gasteiger partial charge on any atom is -0.361 e. The number of rotatable bonds is 12. The Morgan fingerprint density at radius 3 is 2.48 bits per heavy atom. The average molecular weight is 824 g/mol. The van der Waals surface area contributed by atoms with E-state index in [9.17, 15) is 14.4 Å². The van der Waals surface area contributed by atoms with E-state index in [-0.39, 0.29) is 30.7 Å². The first-order valence-electron chi connectivity index (χ1n) is 20.0. The molecule has 0 fully saturated rings. The van der Waals surface area contributed by atoms with Crippen LogP contribution in [0.4, 0.5) is 0 Å². The van der Waals surface area contributed by atoms with Crippen molar-refractivity contribution in [3.8, 4) is 11.1 Å². The van der Waals surface area contributed by atoms with Gasteiger partial charge in [0.2, 0.25) is 17.7 Å². The second kappa shape index (κ2) is 20.8. The fraction of sp³-hybridized carbons (Fsp3) is 0.364. The molecule has 1 aliphatic heterocycles. The Labute approximate surface area is 349 Å². The molecule has 1 aliphatic rings. The molecule has 58 heavy (non-hydrogen) atoms. The zero-order valence-corrected chi connectivity index (χ0v) is 34.5. The molecule has 0 spiro atoms. The summed E-state index contributed by atoms with van der Waals surface area (Å²) in [7, 11) is 1.64. The number of carbonyl (C=O) groups excluding carboxylic acids is 3. The molecule has 14 heteroatoms. The van der Waals surface area contributed by atoms with Gasteiger partial charge in [0.25, 0.3) is 0 Å². The van der Waals surface area contributed by atoms with Crippen LogP contribution in [-0.2, 0) is 40.3 Å². The maximum absolute atomic E-state index is 14.8. The van der Waals surface area contributed by atoms with Crippen molar-refractivity contribution in [2.24, 2.45) is 17.2 Å². The third-order valence-corrected chi connectivity index (χ3v) is 12.3. The molecule has 0 saturated heterocycles. The van der Waals surface area contributed by atoms with Crippen LogP contribution in [0, 0.1) is 0 Å². The summed E-state index contributed by atoms with van der Waals surface area (Å²) in [5.74, 6) is -1.03. The van der Waals surface area contributed by atoms with Crippen molar-refractivity contribution in [1.82, 2.24) is 30.8 Å². The minimum atomic E-state index is -0.934. The van der Waals surface area contributed by atoms with Gasteiger partial charge in [0.15, 0.2) is 0 Å². The number of halogens is 1. The number of para-hydroxylation sites is 1. The van der Waals surface area contributed by atoms with Gasteiger partial charge in [-0.2, -0.15) is 0 Å². The number of fused-ring (bicyclic) bond motifs is 3. The molecule has 0 saturated carbocycles. The molecule has 0 bridgehead atoms. The number of nitrogens with zero attached hydrogens (tertiary/aromatic N) is 2. The van der Waals surface area contributed by atoms with Crippen molar-refractivity contribution in [1.29, 1.82) is 0 Å². The lowest BCUT2D eigenvalue weighted by Gasteiger charge is -2.32. The Bertz CT molecular complexity index is 2200. The van der Waals surface area contributed by atoms with Gasteiger partial charge in [0.1, 0.15) is 17.1 Å². The molecule has 10 N–H and O–H groups in total. The third-order valence-electron chi connectivity index (χ3n) is 10.7. The SMILES string of the molecule is CN1C(=O)[C@H](CCCCN)NC(=O)[C@H](CCCN)NCc2cccnc2Sc2c(Cl)ccc(-c3cccc(CCN)c3)c2CNC(=O)[C@@H]1Cc1c[nH]c2ccccc12. The highest BCUT2D eigenvalue weighted by atomic mass is 35.5. The smallest absolute Gasteiger partial charge is 0.245 e. The second-order valence-electron chi connectivity index (χ2n) is 14.7. The van der Waals surface area contributed by atoms with Crippen LogP contribution >= 0.6 is 23.4 Å². The van der Waals surface area contributed by atoms with Crippen molar-refractivity contribution >= 4 is 52.0 Å². The van der Waals surface area contributed by atoms with Gasteiger partial charge in [-0.05, 0) is 110 Å². The van der Waals surface area contributed by atoms with Crippen LogP contribution in [0.1, 0.15) is 54.4 Å². The predicted molar refractivity (Wildman–Crippen MR) is 232 cm³/mol. The van der Waals surface area contributed by atoms with Crippen LogP contribution in [0.25, 0.3) is 22.0 Å². The fourth-order valence-corrected chi connectivity index (χ4v) is 8.82. The van der Waals surface area contributed by atoms with Gasteiger partial charge in [0.05, 0.1) is 11.1 Å². The van der Waals surface area contributed by atoms with E-state index in [1.54, 1.807) is 13.2 Å². The number of aromatic nitrogens is 2. The van der Waals surface area contributed by atoms with Crippen LogP contribution < -0.4 is 33.2 Å². The van der Waals surface area contributed by atoms with E-state index in [0.717, 1.165) is 49.2 Å². The number of likely N-dealkylation sites (N-methyl/N-ethyl adjacent to an activating group) is 1. The maximum atomic E-state index is 14.8. The highest BCUT2D eigenvalue weighted by Crippen LogP contribution is 2.41. The summed E-state index contributed by atoms with van der Waals surface area (Å²) in [5.41, 5.74) is 24.1. The number of aromatic amines is 1. The number of amides is 3. The molecule has 2 aromatic heterocycles. The van der Waals surface area contributed by atoms with Crippen LogP contribution in [-0.4, -0.2) is 77.4 Å². The molecule has 0 unspecified atom stereocenters. The number of nitrogens with two attached hydrogens (primary N) is 3. The monoisotopic (exact) mass is 823 g/mol. The molecule has 0 radical (unpaired) electrons. The van der Waals surface area contributed by atoms with E-state index < -0.39 is 18.1 Å². The van der Waals surface area contributed by atoms with Gasteiger partial charge in [-0.15, -0.1) is 0 Å². The Balaban J connectivity index is 1.48. The average Bonchev–Trinajstić information content (AvgIpc) is 3.65. The van der Waals surface area contributed by atoms with Gasteiger partial charge in [-0.1, -0.05) is 78.0 Å². The van der Waals surface area contributed by atoms with Gasteiger partial charge >= 0.3 is 0 Å². The van der Waals surface area contributed by atoms with Crippen LogP contribution in [0.2, 0.25) is 5.02 Å². The Hall–Kier alpha value is -4.76. The Morgan fingerprint density at radius 1 is 0.862 bits per heavy atom. The van der Waals surface area contributed by atoms with E-state index in [1.165, 1.54) is 16.7 Å². The quantitative estimate of drug-likeness (QED) is 0.0843. The first-order valence-corrected chi connectivity index (χ1v) is 21.2. The maximum Gasteiger partial charge on any atom is 0.245 e. The van der Waals surface area contributed by atoms with Crippen molar-refractivity contribution in [2.75, 3.05) is 26.7 Å². The molecule has 3 aromatic carbocycles. The first kappa shape index (κ1) is 42.8. The molecule has 6 rings (SSSR count). The molecular formula is C44H54ClN9O3S. The zero-order chi connectivity index (χ0) is 41.0. The number of carbonyl (C=O) groups is 3.